The summed E-state index contributed by atoms with van der Waals surface area (Å²) in [5.74, 6) is 2.17. The number of benzene rings is 1. The number of nitrogens with two attached hydrogens (primary N) is 1. The second kappa shape index (κ2) is 7.53. The second-order valence-electron chi connectivity index (χ2n) is 5.54. The van der Waals surface area contributed by atoms with E-state index in [1.807, 2.05) is 13.0 Å². The first kappa shape index (κ1) is 15.2. The van der Waals surface area contributed by atoms with Gasteiger partial charge in [-0.15, -0.1) is 0 Å². The predicted octanol–water partition coefficient (Wildman–Crippen LogP) is 3.86. The van der Waals surface area contributed by atoms with Gasteiger partial charge < -0.3 is 15.2 Å². The van der Waals surface area contributed by atoms with Crippen molar-refractivity contribution < 1.29 is 9.47 Å². The molecule has 1 aliphatic carbocycles. The van der Waals surface area contributed by atoms with Crippen molar-refractivity contribution in [2.24, 2.45) is 5.73 Å². The third-order valence-corrected chi connectivity index (χ3v) is 3.98. The zero-order chi connectivity index (χ0) is 14.4. The minimum atomic E-state index is 0.278. The molecule has 0 aliphatic heterocycles. The first-order valence-corrected chi connectivity index (χ1v) is 7.91. The highest BCUT2D eigenvalue weighted by Gasteiger charge is 2.24. The van der Waals surface area contributed by atoms with Crippen LogP contribution in [-0.2, 0) is 0 Å². The minimum Gasteiger partial charge on any atom is -0.490 e. The molecule has 20 heavy (non-hydrogen) atoms. The minimum absolute atomic E-state index is 0.278. The van der Waals surface area contributed by atoms with Crippen molar-refractivity contribution in [3.05, 3.63) is 23.8 Å². The van der Waals surface area contributed by atoms with E-state index in [1.165, 1.54) is 24.8 Å². The smallest absolute Gasteiger partial charge is 0.161 e. The normalized spacial score (nSPS) is 22.6. The molecule has 2 N–H and O–H groups in total. The van der Waals surface area contributed by atoms with Gasteiger partial charge in [-0.2, -0.15) is 0 Å². The van der Waals surface area contributed by atoms with E-state index in [0.717, 1.165) is 30.9 Å². The van der Waals surface area contributed by atoms with Crippen LogP contribution in [0.25, 0.3) is 0 Å². The summed E-state index contributed by atoms with van der Waals surface area (Å²) in [5.41, 5.74) is 7.58. The van der Waals surface area contributed by atoms with Gasteiger partial charge in [-0.1, -0.05) is 25.8 Å². The Morgan fingerprint density at radius 3 is 2.60 bits per heavy atom. The van der Waals surface area contributed by atoms with Crippen molar-refractivity contribution in [2.75, 3.05) is 13.2 Å². The van der Waals surface area contributed by atoms with Crippen molar-refractivity contribution in [3.8, 4) is 11.5 Å². The maximum atomic E-state index is 6.28. The molecule has 1 aromatic rings. The maximum absolute atomic E-state index is 6.28. The predicted molar refractivity (Wildman–Crippen MR) is 82.6 cm³/mol. The molecule has 2 unspecified atom stereocenters. The van der Waals surface area contributed by atoms with Gasteiger partial charge in [-0.05, 0) is 49.8 Å². The summed E-state index contributed by atoms with van der Waals surface area (Å²) >= 11 is 0. The van der Waals surface area contributed by atoms with Crippen molar-refractivity contribution in [1.82, 2.24) is 0 Å². The topological polar surface area (TPSA) is 44.5 Å². The lowest BCUT2D eigenvalue weighted by molar-refractivity contribution is 0.276. The molecule has 1 saturated carbocycles. The zero-order valence-electron chi connectivity index (χ0n) is 12.7. The average Bonchev–Trinajstić information content (AvgIpc) is 2.47. The second-order valence-corrected chi connectivity index (χ2v) is 5.54. The lowest BCUT2D eigenvalue weighted by Gasteiger charge is -2.29. The van der Waals surface area contributed by atoms with Gasteiger partial charge in [0.25, 0.3) is 0 Å². The quantitative estimate of drug-likeness (QED) is 0.858. The van der Waals surface area contributed by atoms with Crippen LogP contribution in [0.2, 0.25) is 0 Å². The highest BCUT2D eigenvalue weighted by atomic mass is 16.5. The summed E-state index contributed by atoms with van der Waals surface area (Å²) in [6.07, 6.45) is 5.84. The first-order chi connectivity index (χ1) is 9.76. The maximum Gasteiger partial charge on any atom is 0.161 e. The Labute approximate surface area is 122 Å². The third-order valence-electron chi connectivity index (χ3n) is 3.98. The molecule has 0 bridgehead atoms. The molecular weight excluding hydrogens is 250 g/mol. The molecule has 0 radical (unpaired) electrons. The summed E-state index contributed by atoms with van der Waals surface area (Å²) in [5, 5.41) is 0. The zero-order valence-corrected chi connectivity index (χ0v) is 12.7. The van der Waals surface area contributed by atoms with Gasteiger partial charge in [0.15, 0.2) is 11.5 Å². The molecule has 0 saturated heterocycles. The van der Waals surface area contributed by atoms with Gasteiger partial charge in [0.05, 0.1) is 13.2 Å². The highest BCUT2D eigenvalue weighted by molar-refractivity contribution is 5.44. The summed E-state index contributed by atoms with van der Waals surface area (Å²) in [4.78, 5) is 0. The van der Waals surface area contributed by atoms with Crippen LogP contribution < -0.4 is 15.2 Å². The van der Waals surface area contributed by atoms with E-state index >= 15 is 0 Å². The van der Waals surface area contributed by atoms with Crippen molar-refractivity contribution in [2.45, 2.75) is 57.9 Å². The first-order valence-electron chi connectivity index (χ1n) is 7.91. The van der Waals surface area contributed by atoms with Gasteiger partial charge >= 0.3 is 0 Å². The Morgan fingerprint density at radius 1 is 1.10 bits per heavy atom. The molecule has 1 fully saturated rings. The summed E-state index contributed by atoms with van der Waals surface area (Å²) in [7, 11) is 0. The van der Waals surface area contributed by atoms with E-state index in [4.69, 9.17) is 15.2 Å². The van der Waals surface area contributed by atoms with Crippen molar-refractivity contribution in [3.63, 3.8) is 0 Å². The van der Waals surface area contributed by atoms with Crippen LogP contribution in [0, 0.1) is 0 Å². The molecule has 0 heterocycles. The van der Waals surface area contributed by atoms with Crippen LogP contribution in [0.4, 0.5) is 0 Å². The van der Waals surface area contributed by atoms with Gasteiger partial charge in [0, 0.05) is 6.04 Å². The lowest BCUT2D eigenvalue weighted by Crippen LogP contribution is -2.31. The molecule has 0 amide bonds. The Kier molecular flexibility index (Phi) is 5.72. The fourth-order valence-corrected chi connectivity index (χ4v) is 2.93. The number of ether oxygens (including phenoxy) is 2. The van der Waals surface area contributed by atoms with Gasteiger partial charge in [0.2, 0.25) is 0 Å². The Bertz CT molecular complexity index is 419. The van der Waals surface area contributed by atoms with Crippen LogP contribution in [0.15, 0.2) is 18.2 Å². The van der Waals surface area contributed by atoms with E-state index in [-0.39, 0.29) is 6.04 Å². The van der Waals surface area contributed by atoms with Crippen molar-refractivity contribution in [1.29, 1.82) is 0 Å². The molecular formula is C17H27NO2. The van der Waals surface area contributed by atoms with Crippen LogP contribution in [0.1, 0.15) is 57.4 Å². The lowest BCUT2D eigenvalue weighted by atomic mass is 9.80. The van der Waals surface area contributed by atoms with Crippen LogP contribution in [0.5, 0.6) is 11.5 Å². The van der Waals surface area contributed by atoms with Crippen molar-refractivity contribution >= 4 is 0 Å². The van der Waals surface area contributed by atoms with Gasteiger partial charge in [0.1, 0.15) is 0 Å². The molecule has 1 aromatic carbocycles. The SMILES string of the molecule is CCCOc1ccc(C2CCCCC2N)cc1OCC. The molecule has 0 aromatic heterocycles. The van der Waals surface area contributed by atoms with E-state index in [0.29, 0.717) is 12.5 Å². The van der Waals surface area contributed by atoms with Crippen LogP contribution in [0.3, 0.4) is 0 Å². The number of rotatable bonds is 6. The third kappa shape index (κ3) is 3.66. The molecule has 2 rings (SSSR count). The Hall–Kier alpha value is -1.22. The van der Waals surface area contributed by atoms with Gasteiger partial charge in [-0.3, -0.25) is 0 Å². The summed E-state index contributed by atoms with van der Waals surface area (Å²) in [6, 6.07) is 6.60. The van der Waals surface area contributed by atoms with E-state index < -0.39 is 0 Å². The molecule has 3 heteroatoms. The van der Waals surface area contributed by atoms with E-state index in [9.17, 15) is 0 Å². The average molecular weight is 277 g/mol. The van der Waals surface area contributed by atoms with E-state index in [1.54, 1.807) is 0 Å². The molecule has 1 aliphatic rings. The standard InChI is InChI=1S/C17H27NO2/c1-3-11-20-16-10-9-13(12-17(16)19-4-2)14-7-5-6-8-15(14)18/h9-10,12,14-15H,3-8,11,18H2,1-2H3. The van der Waals surface area contributed by atoms with Crippen LogP contribution >= 0.6 is 0 Å². The molecule has 3 nitrogen and oxygen atoms in total. The summed E-state index contributed by atoms with van der Waals surface area (Å²) < 4.78 is 11.5. The number of hydrogen-bond acceptors (Lipinski definition) is 3. The molecule has 2 atom stereocenters. The number of hydrogen-bond donors (Lipinski definition) is 1. The summed E-state index contributed by atoms with van der Waals surface area (Å²) in [6.45, 7) is 5.49. The molecule has 0 spiro atoms. The van der Waals surface area contributed by atoms with Gasteiger partial charge in [-0.25, -0.2) is 0 Å². The fraction of sp³-hybridized carbons (Fsp3) is 0.647. The Balaban J connectivity index is 2.19. The highest BCUT2D eigenvalue weighted by Crippen LogP contribution is 2.37. The molecule has 112 valence electrons. The monoisotopic (exact) mass is 277 g/mol. The fourth-order valence-electron chi connectivity index (χ4n) is 2.93. The largest absolute Gasteiger partial charge is 0.490 e. The Morgan fingerprint density at radius 2 is 1.90 bits per heavy atom. The van der Waals surface area contributed by atoms with E-state index in [2.05, 4.69) is 19.1 Å². The van der Waals surface area contributed by atoms with Crippen LogP contribution in [-0.4, -0.2) is 19.3 Å².